The van der Waals surface area contributed by atoms with Crippen LogP contribution in [0.15, 0.2) is 24.3 Å². The van der Waals surface area contributed by atoms with Crippen LogP contribution in [0.2, 0.25) is 0 Å². The van der Waals surface area contributed by atoms with Gasteiger partial charge in [0.25, 0.3) is 0 Å². The number of carbonyl (C=O) groups excluding carboxylic acids is 3. The Morgan fingerprint density at radius 3 is 2.61 bits per heavy atom. The molecule has 0 radical (unpaired) electrons. The molecule has 3 fully saturated rings. The smallest absolute Gasteiger partial charge is 0.238 e. The second-order valence-electron chi connectivity index (χ2n) is 9.17. The minimum absolute atomic E-state index is 0.0343. The lowest BCUT2D eigenvalue weighted by molar-refractivity contribution is -0.128. The second-order valence-corrected chi connectivity index (χ2v) is 9.17. The van der Waals surface area contributed by atoms with Gasteiger partial charge in [0, 0.05) is 36.9 Å². The molecule has 3 aliphatic rings. The number of rotatable bonds is 6. The molecule has 7 heteroatoms. The van der Waals surface area contributed by atoms with E-state index in [1.54, 1.807) is 4.90 Å². The average Bonchev–Trinajstić information content (AvgIpc) is 3.20. The molecule has 1 atom stereocenters. The maximum Gasteiger partial charge on any atom is 0.238 e. The van der Waals surface area contributed by atoms with E-state index in [-0.39, 0.29) is 30.2 Å². The molecule has 7 nitrogen and oxygen atoms in total. The molecule has 31 heavy (non-hydrogen) atoms. The van der Waals surface area contributed by atoms with Gasteiger partial charge >= 0.3 is 0 Å². The Morgan fingerprint density at radius 1 is 1.00 bits per heavy atom. The topological polar surface area (TPSA) is 81.8 Å². The summed E-state index contributed by atoms with van der Waals surface area (Å²) in [5.74, 6) is 0.167. The van der Waals surface area contributed by atoms with Crippen molar-refractivity contribution in [3.63, 3.8) is 0 Å². The molecule has 3 amide bonds. The summed E-state index contributed by atoms with van der Waals surface area (Å²) in [6.45, 7) is 2.48. The van der Waals surface area contributed by atoms with Crippen LogP contribution in [0.5, 0.6) is 0 Å². The van der Waals surface area contributed by atoms with Crippen molar-refractivity contribution < 1.29 is 14.4 Å². The van der Waals surface area contributed by atoms with Crippen molar-refractivity contribution in [2.45, 2.75) is 63.8 Å². The van der Waals surface area contributed by atoms with E-state index < -0.39 is 0 Å². The van der Waals surface area contributed by atoms with Crippen LogP contribution in [0.25, 0.3) is 0 Å². The van der Waals surface area contributed by atoms with E-state index in [2.05, 4.69) is 15.5 Å². The third-order valence-electron chi connectivity index (χ3n) is 6.71. The van der Waals surface area contributed by atoms with E-state index in [9.17, 15) is 14.4 Å². The Balaban J connectivity index is 1.27. The van der Waals surface area contributed by atoms with Gasteiger partial charge in [0.15, 0.2) is 0 Å². The van der Waals surface area contributed by atoms with Crippen LogP contribution < -0.4 is 15.5 Å². The molecule has 0 bridgehead atoms. The average molecular weight is 427 g/mol. The number of hydrogen-bond acceptors (Lipinski definition) is 4. The zero-order valence-electron chi connectivity index (χ0n) is 18.3. The largest absolute Gasteiger partial charge is 0.353 e. The fourth-order valence-electron chi connectivity index (χ4n) is 5.06. The van der Waals surface area contributed by atoms with Gasteiger partial charge in [-0.05, 0) is 56.8 Å². The van der Waals surface area contributed by atoms with E-state index in [1.807, 2.05) is 24.3 Å². The highest BCUT2D eigenvalue weighted by atomic mass is 16.2. The van der Waals surface area contributed by atoms with Crippen LogP contribution >= 0.6 is 0 Å². The third kappa shape index (κ3) is 5.85. The SMILES string of the molecule is O=C(CN1CCCC(C(=O)NC2CCCCC2)C1)Nc1cccc(N2CCCC2=O)c1. The molecule has 0 spiro atoms. The molecule has 2 heterocycles. The number of likely N-dealkylation sites (tertiary alicyclic amines) is 1. The lowest BCUT2D eigenvalue weighted by atomic mass is 9.93. The molecule has 0 aromatic heterocycles. The lowest BCUT2D eigenvalue weighted by Crippen LogP contribution is -2.47. The summed E-state index contributed by atoms with van der Waals surface area (Å²) < 4.78 is 0. The fourth-order valence-corrected chi connectivity index (χ4v) is 5.06. The quantitative estimate of drug-likeness (QED) is 0.733. The van der Waals surface area contributed by atoms with Gasteiger partial charge < -0.3 is 15.5 Å². The first-order valence-electron chi connectivity index (χ1n) is 11.8. The van der Waals surface area contributed by atoms with Crippen molar-refractivity contribution in [2.75, 3.05) is 36.4 Å². The maximum atomic E-state index is 12.7. The molecule has 4 rings (SSSR count). The van der Waals surface area contributed by atoms with Crippen LogP contribution in [-0.2, 0) is 14.4 Å². The van der Waals surface area contributed by atoms with Crippen LogP contribution in [-0.4, -0.2) is 54.8 Å². The highest BCUT2D eigenvalue weighted by molar-refractivity contribution is 5.97. The van der Waals surface area contributed by atoms with Crippen molar-refractivity contribution in [1.29, 1.82) is 0 Å². The van der Waals surface area contributed by atoms with Crippen LogP contribution in [0.3, 0.4) is 0 Å². The number of anilines is 2. The number of nitrogens with one attached hydrogen (secondary N) is 2. The zero-order chi connectivity index (χ0) is 21.6. The third-order valence-corrected chi connectivity index (χ3v) is 6.71. The predicted octanol–water partition coefficient (Wildman–Crippen LogP) is 2.91. The van der Waals surface area contributed by atoms with E-state index in [1.165, 1.54) is 19.3 Å². The Labute approximate surface area is 184 Å². The van der Waals surface area contributed by atoms with Crippen molar-refractivity contribution in [3.05, 3.63) is 24.3 Å². The number of nitrogens with zero attached hydrogens (tertiary/aromatic N) is 2. The summed E-state index contributed by atoms with van der Waals surface area (Å²) in [7, 11) is 0. The molecule has 1 aromatic carbocycles. The fraction of sp³-hybridized carbons (Fsp3) is 0.625. The first-order valence-corrected chi connectivity index (χ1v) is 11.8. The Bertz CT molecular complexity index is 806. The number of benzene rings is 1. The minimum Gasteiger partial charge on any atom is -0.353 e. The van der Waals surface area contributed by atoms with Gasteiger partial charge in [-0.3, -0.25) is 19.3 Å². The first kappa shape index (κ1) is 21.8. The van der Waals surface area contributed by atoms with Crippen LogP contribution in [0.1, 0.15) is 57.8 Å². The van der Waals surface area contributed by atoms with Gasteiger partial charge in [-0.15, -0.1) is 0 Å². The molecule has 1 unspecified atom stereocenters. The molecular weight excluding hydrogens is 392 g/mol. The van der Waals surface area contributed by atoms with Crippen LogP contribution in [0, 0.1) is 5.92 Å². The van der Waals surface area contributed by atoms with Gasteiger partial charge in [0.05, 0.1) is 12.5 Å². The molecule has 168 valence electrons. The maximum absolute atomic E-state index is 12.7. The summed E-state index contributed by atoms with van der Waals surface area (Å²) in [6.07, 6.45) is 9.14. The first-order chi connectivity index (χ1) is 15.1. The number of hydrogen-bond donors (Lipinski definition) is 2. The number of piperidine rings is 1. The van der Waals surface area contributed by atoms with E-state index in [4.69, 9.17) is 0 Å². The van der Waals surface area contributed by atoms with E-state index in [0.29, 0.717) is 24.7 Å². The van der Waals surface area contributed by atoms with Gasteiger partial charge in [0.2, 0.25) is 17.7 Å². The zero-order valence-corrected chi connectivity index (χ0v) is 18.3. The van der Waals surface area contributed by atoms with Gasteiger partial charge in [-0.1, -0.05) is 25.3 Å². The highest BCUT2D eigenvalue weighted by Gasteiger charge is 2.28. The van der Waals surface area contributed by atoms with E-state index >= 15 is 0 Å². The molecule has 1 aromatic rings. The minimum atomic E-state index is -0.0850. The molecule has 1 aliphatic carbocycles. The van der Waals surface area contributed by atoms with Gasteiger partial charge in [0.1, 0.15) is 0 Å². The normalized spacial score (nSPS) is 23.0. The van der Waals surface area contributed by atoms with Crippen molar-refractivity contribution in [2.24, 2.45) is 5.92 Å². The Morgan fingerprint density at radius 2 is 1.84 bits per heavy atom. The lowest BCUT2D eigenvalue weighted by Gasteiger charge is -2.33. The Hall–Kier alpha value is -2.41. The monoisotopic (exact) mass is 426 g/mol. The second kappa shape index (κ2) is 10.3. The summed E-state index contributed by atoms with van der Waals surface area (Å²) in [5.41, 5.74) is 1.53. The number of amides is 3. The summed E-state index contributed by atoms with van der Waals surface area (Å²) in [4.78, 5) is 41.2. The van der Waals surface area contributed by atoms with Crippen molar-refractivity contribution in [1.82, 2.24) is 10.2 Å². The molecule has 2 N–H and O–H groups in total. The molecule has 1 saturated carbocycles. The predicted molar refractivity (Wildman–Crippen MR) is 121 cm³/mol. The van der Waals surface area contributed by atoms with Gasteiger partial charge in [-0.2, -0.15) is 0 Å². The summed E-state index contributed by atoms with van der Waals surface area (Å²) >= 11 is 0. The highest BCUT2D eigenvalue weighted by Crippen LogP contribution is 2.25. The molecule has 2 saturated heterocycles. The van der Waals surface area contributed by atoms with Crippen molar-refractivity contribution >= 4 is 29.1 Å². The molecule has 2 aliphatic heterocycles. The number of carbonyl (C=O) groups is 3. The molecular formula is C24H34N4O3. The standard InChI is InChI=1S/C24H34N4O3/c29-22(25-20-10-4-11-21(15-20)28-14-6-12-23(28)30)17-27-13-5-7-18(16-27)24(31)26-19-8-2-1-3-9-19/h4,10-11,15,18-19H,1-3,5-9,12-14,16-17H2,(H,25,29)(H,26,31). The van der Waals surface area contributed by atoms with Gasteiger partial charge in [-0.25, -0.2) is 0 Å². The van der Waals surface area contributed by atoms with Crippen molar-refractivity contribution in [3.8, 4) is 0 Å². The van der Waals surface area contributed by atoms with Crippen LogP contribution in [0.4, 0.5) is 11.4 Å². The Kier molecular flexibility index (Phi) is 7.22. The summed E-state index contributed by atoms with van der Waals surface area (Å²) in [5, 5.41) is 6.20. The summed E-state index contributed by atoms with van der Waals surface area (Å²) in [6, 6.07) is 7.80. The van der Waals surface area contributed by atoms with E-state index in [0.717, 1.165) is 50.9 Å².